The summed E-state index contributed by atoms with van der Waals surface area (Å²) in [7, 11) is 1.76. The minimum atomic E-state index is -0.379. The molecule has 1 rings (SSSR count). The van der Waals surface area contributed by atoms with Crippen LogP contribution in [0.3, 0.4) is 0 Å². The Hall–Kier alpha value is -1.66. The zero-order valence-electron chi connectivity index (χ0n) is 14.5. The molecule has 0 saturated carbocycles. The number of hydrogen-bond acceptors (Lipinski definition) is 3. The molecule has 24 heavy (non-hydrogen) atoms. The first-order chi connectivity index (χ1) is 10.7. The summed E-state index contributed by atoms with van der Waals surface area (Å²) in [5.41, 5.74) is 5.96. The Morgan fingerprint density at radius 2 is 1.83 bits per heavy atom. The van der Waals surface area contributed by atoms with E-state index in [1.807, 2.05) is 13.8 Å². The monoisotopic (exact) mass is 359 g/mol. The fraction of sp³-hybridized carbons (Fsp3) is 0.529. The molecule has 0 spiro atoms. The zero-order valence-corrected chi connectivity index (χ0v) is 15.3. The van der Waals surface area contributed by atoms with Crippen LogP contribution in [0.15, 0.2) is 24.3 Å². The lowest BCUT2D eigenvalue weighted by molar-refractivity contribution is -0.131. The van der Waals surface area contributed by atoms with Gasteiger partial charge >= 0.3 is 0 Å². The Balaban J connectivity index is 0.00000529. The van der Waals surface area contributed by atoms with Crippen molar-refractivity contribution in [2.24, 2.45) is 11.1 Å². The number of nitrogens with one attached hydrogen (secondary N) is 1. The normalized spacial score (nSPS) is 10.7. The first kappa shape index (κ1) is 22.3. The van der Waals surface area contributed by atoms with Crippen LogP contribution in [-0.2, 0) is 4.79 Å². The average molecular weight is 360 g/mol. The standard InChI is InChI=1S/C17H26FN3O2.ClH/c1-17(2,11-19)12-21(3)15(22)5-4-10-20-16(23)13-6-8-14(18)9-7-13;/h6-9H,4-5,10-12,19H2,1-3H3,(H,20,23);1H. The summed E-state index contributed by atoms with van der Waals surface area (Å²) in [6, 6.07) is 5.34. The third-order valence-corrected chi connectivity index (χ3v) is 3.60. The Bertz CT molecular complexity index is 535. The highest BCUT2D eigenvalue weighted by Crippen LogP contribution is 2.14. The fourth-order valence-corrected chi connectivity index (χ4v) is 2.13. The molecule has 0 saturated heterocycles. The Kier molecular flexibility index (Phi) is 9.55. The highest BCUT2D eigenvalue weighted by atomic mass is 35.5. The number of halogens is 2. The van der Waals surface area contributed by atoms with Gasteiger partial charge in [-0.05, 0) is 42.6 Å². The number of nitrogens with two attached hydrogens (primary N) is 1. The molecule has 0 unspecified atom stereocenters. The van der Waals surface area contributed by atoms with Crippen LogP contribution in [0.1, 0.15) is 37.0 Å². The molecule has 0 fully saturated rings. The SMILES string of the molecule is CN(CC(C)(C)CN)C(=O)CCCNC(=O)c1ccc(F)cc1.Cl. The first-order valence-electron chi connectivity index (χ1n) is 7.73. The van der Waals surface area contributed by atoms with E-state index in [4.69, 9.17) is 5.73 Å². The molecule has 7 heteroatoms. The van der Waals surface area contributed by atoms with Gasteiger partial charge < -0.3 is 16.0 Å². The molecule has 0 aliphatic carbocycles. The van der Waals surface area contributed by atoms with Gasteiger partial charge in [-0.1, -0.05) is 13.8 Å². The highest BCUT2D eigenvalue weighted by molar-refractivity contribution is 5.94. The van der Waals surface area contributed by atoms with Gasteiger partial charge in [0, 0.05) is 32.1 Å². The molecule has 3 N–H and O–H groups in total. The molecular formula is C17H27ClFN3O2. The van der Waals surface area contributed by atoms with Gasteiger partial charge in [0.1, 0.15) is 5.82 Å². The van der Waals surface area contributed by atoms with Crippen LogP contribution in [0.2, 0.25) is 0 Å². The summed E-state index contributed by atoms with van der Waals surface area (Å²) >= 11 is 0. The first-order valence-corrected chi connectivity index (χ1v) is 7.73. The second-order valence-corrected chi connectivity index (χ2v) is 6.48. The molecule has 2 amide bonds. The summed E-state index contributed by atoms with van der Waals surface area (Å²) in [6.45, 7) is 5.54. The highest BCUT2D eigenvalue weighted by Gasteiger charge is 2.20. The van der Waals surface area contributed by atoms with Gasteiger partial charge in [0.25, 0.3) is 5.91 Å². The summed E-state index contributed by atoms with van der Waals surface area (Å²) < 4.78 is 12.8. The van der Waals surface area contributed by atoms with E-state index in [-0.39, 0.29) is 35.5 Å². The lowest BCUT2D eigenvalue weighted by Crippen LogP contribution is -2.39. The van der Waals surface area contributed by atoms with Crippen molar-refractivity contribution in [2.45, 2.75) is 26.7 Å². The van der Waals surface area contributed by atoms with Crippen LogP contribution in [0.25, 0.3) is 0 Å². The quantitative estimate of drug-likeness (QED) is 0.699. The molecular weight excluding hydrogens is 333 g/mol. The maximum atomic E-state index is 12.8. The van der Waals surface area contributed by atoms with E-state index in [1.54, 1.807) is 11.9 Å². The number of nitrogens with zero attached hydrogens (tertiary/aromatic N) is 1. The predicted molar refractivity (Wildman–Crippen MR) is 95.7 cm³/mol. The third-order valence-electron chi connectivity index (χ3n) is 3.60. The minimum absolute atomic E-state index is 0. The third kappa shape index (κ3) is 7.75. The zero-order chi connectivity index (χ0) is 17.5. The smallest absolute Gasteiger partial charge is 0.251 e. The van der Waals surface area contributed by atoms with Crippen LogP contribution in [0.5, 0.6) is 0 Å². The second kappa shape index (κ2) is 10.3. The van der Waals surface area contributed by atoms with Crippen LogP contribution in [0.4, 0.5) is 4.39 Å². The molecule has 5 nitrogen and oxygen atoms in total. The molecule has 0 heterocycles. The number of carbonyl (C=O) groups is 2. The Morgan fingerprint density at radius 3 is 2.38 bits per heavy atom. The topological polar surface area (TPSA) is 75.4 Å². The number of benzene rings is 1. The Morgan fingerprint density at radius 1 is 1.25 bits per heavy atom. The van der Waals surface area contributed by atoms with Crippen molar-refractivity contribution in [3.05, 3.63) is 35.6 Å². The summed E-state index contributed by atoms with van der Waals surface area (Å²) in [5.74, 6) is -0.617. The van der Waals surface area contributed by atoms with E-state index in [2.05, 4.69) is 5.32 Å². The molecule has 1 aromatic carbocycles. The van der Waals surface area contributed by atoms with Gasteiger partial charge in [0.15, 0.2) is 0 Å². The number of carbonyl (C=O) groups excluding carboxylic acids is 2. The molecule has 0 atom stereocenters. The van der Waals surface area contributed by atoms with Crippen LogP contribution >= 0.6 is 12.4 Å². The second-order valence-electron chi connectivity index (χ2n) is 6.48. The maximum absolute atomic E-state index is 12.8. The van der Waals surface area contributed by atoms with Crippen molar-refractivity contribution in [1.82, 2.24) is 10.2 Å². The molecule has 0 aromatic heterocycles. The van der Waals surface area contributed by atoms with Gasteiger partial charge in [-0.25, -0.2) is 4.39 Å². The van der Waals surface area contributed by atoms with E-state index in [1.165, 1.54) is 24.3 Å². The van der Waals surface area contributed by atoms with Crippen molar-refractivity contribution >= 4 is 24.2 Å². The van der Waals surface area contributed by atoms with E-state index in [0.29, 0.717) is 38.0 Å². The predicted octanol–water partition coefficient (Wildman–Crippen LogP) is 2.20. The van der Waals surface area contributed by atoms with Crippen LogP contribution in [0, 0.1) is 11.2 Å². The molecule has 1 aromatic rings. The van der Waals surface area contributed by atoms with Crippen molar-refractivity contribution in [3.8, 4) is 0 Å². The van der Waals surface area contributed by atoms with E-state index in [9.17, 15) is 14.0 Å². The van der Waals surface area contributed by atoms with Gasteiger partial charge in [0.2, 0.25) is 5.91 Å². The number of hydrogen-bond donors (Lipinski definition) is 2. The van der Waals surface area contributed by atoms with Crippen molar-refractivity contribution < 1.29 is 14.0 Å². The largest absolute Gasteiger partial charge is 0.352 e. The van der Waals surface area contributed by atoms with Gasteiger partial charge in [-0.15, -0.1) is 12.4 Å². The van der Waals surface area contributed by atoms with E-state index < -0.39 is 0 Å². The Labute approximate surface area is 149 Å². The molecule has 0 bridgehead atoms. The minimum Gasteiger partial charge on any atom is -0.352 e. The van der Waals surface area contributed by atoms with E-state index >= 15 is 0 Å². The van der Waals surface area contributed by atoms with E-state index in [0.717, 1.165) is 0 Å². The van der Waals surface area contributed by atoms with Gasteiger partial charge in [-0.3, -0.25) is 9.59 Å². The molecule has 0 aliphatic heterocycles. The van der Waals surface area contributed by atoms with Crippen molar-refractivity contribution in [2.75, 3.05) is 26.7 Å². The lowest BCUT2D eigenvalue weighted by atomic mass is 9.93. The lowest BCUT2D eigenvalue weighted by Gasteiger charge is -2.29. The molecule has 0 aliphatic rings. The maximum Gasteiger partial charge on any atom is 0.251 e. The summed E-state index contributed by atoms with van der Waals surface area (Å²) in [6.07, 6.45) is 0.917. The average Bonchev–Trinajstić information content (AvgIpc) is 2.51. The number of rotatable bonds is 8. The van der Waals surface area contributed by atoms with Gasteiger partial charge in [0.05, 0.1) is 0 Å². The number of amides is 2. The van der Waals surface area contributed by atoms with Crippen LogP contribution in [-0.4, -0.2) is 43.4 Å². The fourth-order valence-electron chi connectivity index (χ4n) is 2.13. The van der Waals surface area contributed by atoms with Crippen molar-refractivity contribution in [3.63, 3.8) is 0 Å². The van der Waals surface area contributed by atoms with Gasteiger partial charge in [-0.2, -0.15) is 0 Å². The van der Waals surface area contributed by atoms with Crippen LogP contribution < -0.4 is 11.1 Å². The molecule has 0 radical (unpaired) electrons. The van der Waals surface area contributed by atoms with Crippen molar-refractivity contribution in [1.29, 1.82) is 0 Å². The molecule has 136 valence electrons. The summed E-state index contributed by atoms with van der Waals surface area (Å²) in [5, 5.41) is 2.72. The summed E-state index contributed by atoms with van der Waals surface area (Å²) in [4.78, 5) is 25.5.